The maximum absolute atomic E-state index is 10.3. The van der Waals surface area contributed by atoms with Gasteiger partial charge in [0.1, 0.15) is 5.60 Å². The van der Waals surface area contributed by atoms with Gasteiger partial charge in [0.2, 0.25) is 0 Å². The van der Waals surface area contributed by atoms with Crippen LogP contribution >= 0.6 is 0 Å². The summed E-state index contributed by atoms with van der Waals surface area (Å²) >= 11 is 0. The Hall–Kier alpha value is -1.10. The fourth-order valence-corrected chi connectivity index (χ4v) is 0.732. The van der Waals surface area contributed by atoms with Gasteiger partial charge < -0.3 is 24.9 Å². The quantitative estimate of drug-likeness (QED) is 0.498. The minimum atomic E-state index is -2.33. The summed E-state index contributed by atoms with van der Waals surface area (Å²) in [6, 6.07) is 0. The van der Waals surface area contributed by atoms with Crippen molar-refractivity contribution in [2.45, 2.75) is 25.9 Å². The molecular formula is C7H10O5-2. The molecule has 0 heterocycles. The van der Waals surface area contributed by atoms with Crippen LogP contribution in [0.5, 0.6) is 0 Å². The Kier molecular flexibility index (Phi) is 3.21. The highest BCUT2D eigenvalue weighted by atomic mass is 16.4. The second-order valence-electron chi connectivity index (χ2n) is 2.92. The van der Waals surface area contributed by atoms with Gasteiger partial charge in [-0.1, -0.05) is 13.8 Å². The zero-order valence-electron chi connectivity index (χ0n) is 6.86. The van der Waals surface area contributed by atoms with Crippen LogP contribution in [0.15, 0.2) is 0 Å². The molecule has 0 fully saturated rings. The summed E-state index contributed by atoms with van der Waals surface area (Å²) in [5.41, 5.74) is -2.33. The molecule has 0 aliphatic carbocycles. The lowest BCUT2D eigenvalue weighted by atomic mass is 9.87. The summed E-state index contributed by atoms with van der Waals surface area (Å²) < 4.78 is 0. The third-order valence-corrected chi connectivity index (χ3v) is 1.72. The van der Waals surface area contributed by atoms with E-state index in [2.05, 4.69) is 0 Å². The predicted octanol–water partition coefficient (Wildman–Crippen LogP) is -2.74. The number of aliphatic hydroxyl groups is 1. The van der Waals surface area contributed by atoms with Gasteiger partial charge in [-0.15, -0.1) is 0 Å². The normalized spacial score (nSPS) is 15.7. The summed E-state index contributed by atoms with van der Waals surface area (Å²) in [5.74, 6) is -4.14. The van der Waals surface area contributed by atoms with Gasteiger partial charge in [-0.2, -0.15) is 0 Å². The van der Waals surface area contributed by atoms with Crippen molar-refractivity contribution in [2.75, 3.05) is 0 Å². The molecule has 0 saturated carbocycles. The standard InChI is InChI=1S/C7H12O5/c1-4(2)7(12,6(10)11)3-5(8)9/h4,12H,3H2,1-2H3,(H,8,9)(H,10,11)/p-2/t7-/m0/s1. The molecule has 0 bridgehead atoms. The van der Waals surface area contributed by atoms with Gasteiger partial charge in [-0.25, -0.2) is 0 Å². The van der Waals surface area contributed by atoms with E-state index in [9.17, 15) is 24.9 Å². The van der Waals surface area contributed by atoms with Crippen LogP contribution in [0.3, 0.4) is 0 Å². The zero-order chi connectivity index (χ0) is 9.94. The van der Waals surface area contributed by atoms with Crippen molar-refractivity contribution < 1.29 is 24.9 Å². The molecule has 12 heavy (non-hydrogen) atoms. The van der Waals surface area contributed by atoms with E-state index in [1.165, 1.54) is 13.8 Å². The van der Waals surface area contributed by atoms with Crippen LogP contribution in [0.4, 0.5) is 0 Å². The Morgan fingerprint density at radius 3 is 1.92 bits per heavy atom. The molecule has 0 aromatic carbocycles. The van der Waals surface area contributed by atoms with Crippen LogP contribution in [0.25, 0.3) is 0 Å². The van der Waals surface area contributed by atoms with Gasteiger partial charge in [0, 0.05) is 12.4 Å². The summed E-state index contributed by atoms with van der Waals surface area (Å²) in [6.45, 7) is 2.78. The topological polar surface area (TPSA) is 100 Å². The number of hydrogen-bond acceptors (Lipinski definition) is 5. The lowest BCUT2D eigenvalue weighted by molar-refractivity contribution is -0.336. The molecule has 1 N–H and O–H groups in total. The molecule has 5 nitrogen and oxygen atoms in total. The molecule has 0 aliphatic rings. The highest BCUT2D eigenvalue weighted by molar-refractivity contribution is 5.81. The number of carboxylic acids is 2. The van der Waals surface area contributed by atoms with Gasteiger partial charge >= 0.3 is 0 Å². The van der Waals surface area contributed by atoms with E-state index in [0.717, 1.165) is 0 Å². The Morgan fingerprint density at radius 2 is 1.83 bits per heavy atom. The molecule has 0 aromatic rings. The molecule has 5 heteroatoms. The molecule has 0 radical (unpaired) electrons. The van der Waals surface area contributed by atoms with Crippen molar-refractivity contribution in [3.8, 4) is 0 Å². The Morgan fingerprint density at radius 1 is 1.42 bits per heavy atom. The highest BCUT2D eigenvalue weighted by Gasteiger charge is 2.32. The van der Waals surface area contributed by atoms with Crippen molar-refractivity contribution >= 4 is 11.9 Å². The van der Waals surface area contributed by atoms with Gasteiger partial charge in [0.05, 0.1) is 5.97 Å². The summed E-state index contributed by atoms with van der Waals surface area (Å²) in [4.78, 5) is 20.4. The number of rotatable bonds is 4. The number of hydrogen-bond donors (Lipinski definition) is 1. The first kappa shape index (κ1) is 10.9. The fraction of sp³-hybridized carbons (Fsp3) is 0.714. The molecule has 0 unspecified atom stereocenters. The van der Waals surface area contributed by atoms with Crippen molar-refractivity contribution in [2.24, 2.45) is 5.92 Å². The number of aliphatic carboxylic acids is 2. The van der Waals surface area contributed by atoms with E-state index in [0.29, 0.717) is 0 Å². The third kappa shape index (κ3) is 2.20. The van der Waals surface area contributed by atoms with Gasteiger partial charge in [-0.05, 0) is 5.92 Å². The van der Waals surface area contributed by atoms with Crippen LogP contribution in [0.2, 0.25) is 0 Å². The van der Waals surface area contributed by atoms with Crippen molar-refractivity contribution in [1.29, 1.82) is 0 Å². The molecule has 0 saturated heterocycles. The monoisotopic (exact) mass is 174 g/mol. The lowest BCUT2D eigenvalue weighted by Crippen LogP contribution is -2.54. The Bertz CT molecular complexity index is 198. The average molecular weight is 174 g/mol. The molecule has 1 atom stereocenters. The molecule has 0 aliphatic heterocycles. The third-order valence-electron chi connectivity index (χ3n) is 1.72. The molecule has 0 aromatic heterocycles. The molecule has 0 spiro atoms. The van der Waals surface area contributed by atoms with Crippen molar-refractivity contribution in [3.63, 3.8) is 0 Å². The lowest BCUT2D eigenvalue weighted by Gasteiger charge is -2.33. The SMILES string of the molecule is CC(C)[C@@](O)(CC(=O)[O-])C(=O)[O-]. The van der Waals surface area contributed by atoms with Gasteiger partial charge in [0.15, 0.2) is 0 Å². The minimum absolute atomic E-state index is 0.736. The van der Waals surface area contributed by atoms with E-state index in [1.54, 1.807) is 0 Å². The van der Waals surface area contributed by atoms with E-state index in [1.807, 2.05) is 0 Å². The van der Waals surface area contributed by atoms with Crippen molar-refractivity contribution in [1.82, 2.24) is 0 Å². The second-order valence-corrected chi connectivity index (χ2v) is 2.92. The van der Waals surface area contributed by atoms with E-state index in [-0.39, 0.29) is 0 Å². The predicted molar refractivity (Wildman–Crippen MR) is 34.4 cm³/mol. The summed E-state index contributed by atoms with van der Waals surface area (Å²) in [5, 5.41) is 29.7. The van der Waals surface area contributed by atoms with E-state index >= 15 is 0 Å². The molecular weight excluding hydrogens is 164 g/mol. The minimum Gasteiger partial charge on any atom is -0.550 e. The Labute approximate surface area is 69.6 Å². The first-order chi connectivity index (χ1) is 5.30. The maximum Gasteiger partial charge on any atom is 0.111 e. The first-order valence-electron chi connectivity index (χ1n) is 3.44. The van der Waals surface area contributed by atoms with E-state index in [4.69, 9.17) is 0 Å². The van der Waals surface area contributed by atoms with Crippen LogP contribution in [0, 0.1) is 5.92 Å². The van der Waals surface area contributed by atoms with Gasteiger partial charge in [-0.3, -0.25) is 0 Å². The van der Waals surface area contributed by atoms with Gasteiger partial charge in [0.25, 0.3) is 0 Å². The van der Waals surface area contributed by atoms with E-state index < -0.39 is 29.9 Å². The highest BCUT2D eigenvalue weighted by Crippen LogP contribution is 2.19. The summed E-state index contributed by atoms with van der Waals surface area (Å²) in [7, 11) is 0. The average Bonchev–Trinajstić information content (AvgIpc) is 1.84. The Balaban J connectivity index is 4.62. The second kappa shape index (κ2) is 3.53. The van der Waals surface area contributed by atoms with Crippen LogP contribution < -0.4 is 10.2 Å². The number of carbonyl (C=O) groups excluding carboxylic acids is 2. The number of carboxylic acid groups (broad SMARTS) is 2. The summed E-state index contributed by atoms with van der Waals surface area (Å²) in [6.07, 6.45) is -0.951. The van der Waals surface area contributed by atoms with Crippen LogP contribution in [0.1, 0.15) is 20.3 Å². The molecule has 0 rings (SSSR count). The largest absolute Gasteiger partial charge is 0.550 e. The maximum atomic E-state index is 10.3. The zero-order valence-corrected chi connectivity index (χ0v) is 6.86. The molecule has 0 amide bonds. The smallest absolute Gasteiger partial charge is 0.111 e. The molecule has 70 valence electrons. The van der Waals surface area contributed by atoms with Crippen LogP contribution in [-0.4, -0.2) is 22.6 Å². The number of carbonyl (C=O) groups is 2. The van der Waals surface area contributed by atoms with Crippen LogP contribution in [-0.2, 0) is 9.59 Å². The fourth-order valence-electron chi connectivity index (χ4n) is 0.732. The first-order valence-corrected chi connectivity index (χ1v) is 3.44. The van der Waals surface area contributed by atoms with Crippen molar-refractivity contribution in [3.05, 3.63) is 0 Å².